The van der Waals surface area contributed by atoms with Crippen LogP contribution in [0, 0.1) is 0 Å². The monoisotopic (exact) mass is 238 g/mol. The Labute approximate surface area is 94.0 Å². The molecule has 0 aliphatic carbocycles. The van der Waals surface area contributed by atoms with E-state index in [1.807, 2.05) is 5.38 Å². The van der Waals surface area contributed by atoms with Crippen molar-refractivity contribution in [2.45, 2.75) is 9.24 Å². The van der Waals surface area contributed by atoms with Crippen molar-refractivity contribution in [2.24, 2.45) is 0 Å². The Balaban J connectivity index is 2.32. The molecule has 0 aliphatic heterocycles. The minimum atomic E-state index is -0.970. The first-order chi connectivity index (χ1) is 7.27. The van der Waals surface area contributed by atoms with E-state index in [9.17, 15) is 4.79 Å². The van der Waals surface area contributed by atoms with Gasteiger partial charge in [0, 0.05) is 28.9 Å². The zero-order chi connectivity index (χ0) is 10.7. The summed E-state index contributed by atoms with van der Waals surface area (Å²) < 4.78 is 0.823. The maximum absolute atomic E-state index is 10.9. The summed E-state index contributed by atoms with van der Waals surface area (Å²) in [6.07, 6.45) is 4.61. The summed E-state index contributed by atoms with van der Waals surface area (Å²) in [6.45, 7) is 0. The first-order valence-corrected chi connectivity index (χ1v) is 5.71. The van der Waals surface area contributed by atoms with E-state index in [0.717, 1.165) is 4.34 Å². The van der Waals surface area contributed by atoms with Crippen molar-refractivity contribution in [3.63, 3.8) is 0 Å². The number of aromatic carboxylic acids is 1. The number of hydrogen-bond acceptors (Lipinski definition) is 5. The van der Waals surface area contributed by atoms with Gasteiger partial charge in [0.05, 0.1) is 5.56 Å². The van der Waals surface area contributed by atoms with Crippen LogP contribution in [-0.2, 0) is 0 Å². The van der Waals surface area contributed by atoms with Crippen LogP contribution >= 0.6 is 23.1 Å². The van der Waals surface area contributed by atoms with Gasteiger partial charge in [0.1, 0.15) is 0 Å². The highest BCUT2D eigenvalue weighted by molar-refractivity contribution is 8.01. The van der Waals surface area contributed by atoms with Gasteiger partial charge in [-0.05, 0) is 6.07 Å². The molecule has 0 saturated heterocycles. The fraction of sp³-hybridized carbons (Fsp3) is 0. The van der Waals surface area contributed by atoms with Crippen LogP contribution in [0.1, 0.15) is 10.4 Å². The predicted molar refractivity (Wildman–Crippen MR) is 57.4 cm³/mol. The Morgan fingerprint density at radius 2 is 2.33 bits per heavy atom. The predicted octanol–water partition coefficient (Wildman–Crippen LogP) is 2.39. The smallest absolute Gasteiger partial charge is 0.338 e. The molecule has 76 valence electrons. The lowest BCUT2D eigenvalue weighted by Crippen LogP contribution is -1.99. The first-order valence-electron chi connectivity index (χ1n) is 4.02. The molecule has 2 rings (SSSR count). The maximum atomic E-state index is 10.9. The van der Waals surface area contributed by atoms with Gasteiger partial charge >= 0.3 is 5.97 Å². The summed E-state index contributed by atoms with van der Waals surface area (Å²) >= 11 is 2.81. The van der Waals surface area contributed by atoms with Crippen molar-refractivity contribution < 1.29 is 9.90 Å². The maximum Gasteiger partial charge on any atom is 0.338 e. The summed E-state index contributed by atoms with van der Waals surface area (Å²) in [5.41, 5.74) is 0.206. The lowest BCUT2D eigenvalue weighted by Gasteiger charge is -2.01. The second-order valence-electron chi connectivity index (χ2n) is 2.58. The van der Waals surface area contributed by atoms with Crippen molar-refractivity contribution in [2.75, 3.05) is 0 Å². The molecule has 2 aromatic heterocycles. The molecule has 2 heterocycles. The van der Waals surface area contributed by atoms with Gasteiger partial charge in [0.15, 0.2) is 4.34 Å². The largest absolute Gasteiger partial charge is 0.478 e. The van der Waals surface area contributed by atoms with Crippen LogP contribution in [0.2, 0.25) is 0 Å². The van der Waals surface area contributed by atoms with Crippen molar-refractivity contribution >= 4 is 29.1 Å². The summed E-state index contributed by atoms with van der Waals surface area (Å²) in [7, 11) is 0. The van der Waals surface area contributed by atoms with Crippen LogP contribution in [-0.4, -0.2) is 21.0 Å². The zero-order valence-electron chi connectivity index (χ0n) is 7.45. The molecule has 0 spiro atoms. The van der Waals surface area contributed by atoms with Crippen LogP contribution in [0.5, 0.6) is 0 Å². The van der Waals surface area contributed by atoms with Crippen LogP contribution in [0.3, 0.4) is 0 Å². The Hall–Kier alpha value is -1.40. The Morgan fingerprint density at radius 3 is 3.00 bits per heavy atom. The molecule has 15 heavy (non-hydrogen) atoms. The lowest BCUT2D eigenvalue weighted by atomic mass is 10.3. The average Bonchev–Trinajstić information content (AvgIpc) is 2.71. The summed E-state index contributed by atoms with van der Waals surface area (Å²) in [5, 5.41) is 10.8. The molecule has 0 bridgehead atoms. The number of carboxylic acid groups (broad SMARTS) is 1. The van der Waals surface area contributed by atoms with Gasteiger partial charge in [-0.2, -0.15) is 0 Å². The fourth-order valence-electron chi connectivity index (χ4n) is 0.986. The van der Waals surface area contributed by atoms with Crippen LogP contribution in [0.15, 0.2) is 39.3 Å². The fourth-order valence-corrected chi connectivity index (χ4v) is 2.65. The molecule has 0 amide bonds. The molecular weight excluding hydrogens is 232 g/mol. The van der Waals surface area contributed by atoms with E-state index in [-0.39, 0.29) is 5.56 Å². The molecule has 0 radical (unpaired) electrons. The van der Waals surface area contributed by atoms with Gasteiger partial charge < -0.3 is 5.11 Å². The summed E-state index contributed by atoms with van der Waals surface area (Å²) in [4.78, 5) is 19.4. The number of carbonyl (C=O) groups is 1. The zero-order valence-corrected chi connectivity index (χ0v) is 9.09. The molecule has 0 unspecified atom stereocenters. The van der Waals surface area contributed by atoms with E-state index >= 15 is 0 Å². The van der Waals surface area contributed by atoms with E-state index in [1.54, 1.807) is 18.5 Å². The average molecular weight is 238 g/mol. The van der Waals surface area contributed by atoms with E-state index in [1.165, 1.54) is 29.3 Å². The van der Waals surface area contributed by atoms with Crippen molar-refractivity contribution in [1.29, 1.82) is 0 Å². The van der Waals surface area contributed by atoms with Gasteiger partial charge in [-0.25, -0.2) is 9.78 Å². The SMILES string of the molecule is O=C(O)c1cnccc1Sc1nccs1. The highest BCUT2D eigenvalue weighted by atomic mass is 32.2. The number of rotatable bonds is 3. The molecule has 0 aliphatic rings. The van der Waals surface area contributed by atoms with Crippen molar-refractivity contribution in [3.8, 4) is 0 Å². The van der Waals surface area contributed by atoms with Crippen LogP contribution in [0.4, 0.5) is 0 Å². The Bertz CT molecular complexity index is 471. The number of pyridine rings is 1. The standard InChI is InChI=1S/C9H6N2O2S2/c12-8(13)6-5-10-2-1-7(6)15-9-11-3-4-14-9/h1-5H,(H,12,13). The molecule has 0 saturated carbocycles. The molecular formula is C9H6N2O2S2. The number of aromatic nitrogens is 2. The number of carboxylic acids is 1. The Kier molecular flexibility index (Phi) is 2.98. The third-order valence-electron chi connectivity index (χ3n) is 1.62. The van der Waals surface area contributed by atoms with Gasteiger partial charge in [-0.1, -0.05) is 11.8 Å². The van der Waals surface area contributed by atoms with Crippen molar-refractivity contribution in [1.82, 2.24) is 9.97 Å². The van der Waals surface area contributed by atoms with E-state index < -0.39 is 5.97 Å². The molecule has 4 nitrogen and oxygen atoms in total. The highest BCUT2D eigenvalue weighted by Gasteiger charge is 2.11. The topological polar surface area (TPSA) is 63.1 Å². The van der Waals surface area contributed by atoms with E-state index in [0.29, 0.717) is 4.90 Å². The third kappa shape index (κ3) is 2.34. The van der Waals surface area contributed by atoms with Gasteiger partial charge in [-0.3, -0.25) is 4.98 Å². The lowest BCUT2D eigenvalue weighted by molar-refractivity contribution is 0.0692. The quantitative estimate of drug-likeness (QED) is 0.889. The summed E-state index contributed by atoms with van der Waals surface area (Å²) in [5.74, 6) is -0.970. The molecule has 0 atom stereocenters. The molecule has 0 aromatic carbocycles. The second kappa shape index (κ2) is 4.41. The van der Waals surface area contributed by atoms with Crippen molar-refractivity contribution in [3.05, 3.63) is 35.6 Å². The Morgan fingerprint density at radius 1 is 1.47 bits per heavy atom. The van der Waals surface area contributed by atoms with Gasteiger partial charge in [0.25, 0.3) is 0 Å². The number of nitrogens with zero attached hydrogens (tertiary/aromatic N) is 2. The minimum absolute atomic E-state index is 0.206. The first kappa shape index (κ1) is 10.1. The van der Waals surface area contributed by atoms with Gasteiger partial charge in [0.2, 0.25) is 0 Å². The second-order valence-corrected chi connectivity index (χ2v) is 4.76. The highest BCUT2D eigenvalue weighted by Crippen LogP contribution is 2.31. The molecule has 2 aromatic rings. The number of hydrogen-bond donors (Lipinski definition) is 1. The minimum Gasteiger partial charge on any atom is -0.478 e. The third-order valence-corrected chi connectivity index (χ3v) is 3.58. The molecule has 6 heteroatoms. The molecule has 0 fully saturated rings. The van der Waals surface area contributed by atoms with Crippen LogP contribution in [0.25, 0.3) is 0 Å². The van der Waals surface area contributed by atoms with E-state index in [2.05, 4.69) is 9.97 Å². The van der Waals surface area contributed by atoms with Gasteiger partial charge in [-0.15, -0.1) is 11.3 Å². The number of thiazole rings is 1. The normalized spacial score (nSPS) is 10.1. The van der Waals surface area contributed by atoms with E-state index in [4.69, 9.17) is 5.11 Å². The molecule has 1 N–H and O–H groups in total. The summed E-state index contributed by atoms with van der Waals surface area (Å²) in [6, 6.07) is 1.68. The van der Waals surface area contributed by atoms with Crippen LogP contribution < -0.4 is 0 Å².